The summed E-state index contributed by atoms with van der Waals surface area (Å²) in [5.41, 5.74) is 2.92. The highest BCUT2D eigenvalue weighted by Crippen LogP contribution is 2.34. The Balaban J connectivity index is 1.58. The molecule has 4 rings (SSSR count). The molecule has 2 aromatic rings. The molecule has 10 heteroatoms. The number of benzene rings is 1. The molecule has 3 heterocycles. The summed E-state index contributed by atoms with van der Waals surface area (Å²) in [4.78, 5) is 41.2. The second-order valence-electron chi connectivity index (χ2n) is 10.2. The third kappa shape index (κ3) is 6.24. The molecule has 0 unspecified atom stereocenters. The first-order valence-corrected chi connectivity index (χ1v) is 13.6. The molecule has 0 bridgehead atoms. The third-order valence-corrected chi connectivity index (χ3v) is 7.67. The van der Waals surface area contributed by atoms with E-state index in [-0.39, 0.29) is 23.9 Å². The Morgan fingerprint density at radius 2 is 1.89 bits per heavy atom. The molecule has 1 saturated heterocycles. The summed E-state index contributed by atoms with van der Waals surface area (Å²) in [6, 6.07) is 6.03. The second kappa shape index (κ2) is 12.5. The van der Waals surface area contributed by atoms with Gasteiger partial charge in [-0.3, -0.25) is 9.59 Å². The topological polar surface area (TPSA) is 103 Å². The van der Waals surface area contributed by atoms with Crippen molar-refractivity contribution in [2.75, 3.05) is 56.0 Å². The summed E-state index contributed by atoms with van der Waals surface area (Å²) in [6.45, 7) is 7.25. The number of hydrogen-bond donors (Lipinski definition) is 2. The number of methoxy groups -OCH3 is 1. The zero-order valence-electron chi connectivity index (χ0n) is 23.3. The summed E-state index contributed by atoms with van der Waals surface area (Å²) in [7, 11) is 5.52. The largest absolute Gasteiger partial charge is 0.380 e. The molecular formula is C28H41N7O3. The molecule has 2 amide bonds. The molecule has 1 aromatic heterocycles. The maximum atomic E-state index is 13.0. The standard InChI is InChI=1S/C28H41N7O3/c1-6-22(7-2)35-15-12-25(36)34(4)24-17-29-28(32-26(24)35)31-23-9-8-19(16-20(23)18-38-5)27(37)30-21-10-13-33(3)14-11-21/h8-9,16-17,21-22H,6-7,10-15,18H2,1-5H3,(H,30,37)(H,29,31,32). The van der Waals surface area contributed by atoms with Crippen molar-refractivity contribution >= 4 is 35.0 Å². The van der Waals surface area contributed by atoms with Gasteiger partial charge in [-0.25, -0.2) is 4.98 Å². The van der Waals surface area contributed by atoms with Gasteiger partial charge in [0.1, 0.15) is 5.69 Å². The van der Waals surface area contributed by atoms with Gasteiger partial charge < -0.3 is 30.1 Å². The predicted molar refractivity (Wildman–Crippen MR) is 150 cm³/mol. The Kier molecular flexibility index (Phi) is 9.17. The zero-order chi connectivity index (χ0) is 27.2. The number of likely N-dealkylation sites (tertiary alicyclic amines) is 1. The fraction of sp³-hybridized carbons (Fsp3) is 0.571. The molecular weight excluding hydrogens is 482 g/mol. The minimum Gasteiger partial charge on any atom is -0.380 e. The Bertz CT molecular complexity index is 1130. The maximum absolute atomic E-state index is 13.0. The third-order valence-electron chi connectivity index (χ3n) is 7.67. The number of hydrogen-bond acceptors (Lipinski definition) is 8. The molecule has 2 N–H and O–H groups in total. The van der Waals surface area contributed by atoms with Gasteiger partial charge in [0, 0.05) is 56.0 Å². The van der Waals surface area contributed by atoms with Crippen LogP contribution >= 0.6 is 0 Å². The SMILES string of the molecule is CCC(CC)N1CCC(=O)N(C)c2cnc(Nc3ccc(C(=O)NC4CCN(C)CC4)cc3COC)nc21. The summed E-state index contributed by atoms with van der Waals surface area (Å²) >= 11 is 0. The Hall–Kier alpha value is -3.24. The van der Waals surface area contributed by atoms with E-state index >= 15 is 0 Å². The van der Waals surface area contributed by atoms with E-state index in [4.69, 9.17) is 9.72 Å². The van der Waals surface area contributed by atoms with Gasteiger partial charge in [-0.2, -0.15) is 4.98 Å². The Labute approximate surface area is 225 Å². The van der Waals surface area contributed by atoms with Crippen LogP contribution in [-0.2, 0) is 16.1 Å². The van der Waals surface area contributed by atoms with Crippen LogP contribution in [0.1, 0.15) is 61.9 Å². The highest BCUT2D eigenvalue weighted by Gasteiger charge is 2.29. The molecule has 2 aliphatic rings. The van der Waals surface area contributed by atoms with Gasteiger partial charge in [-0.1, -0.05) is 13.8 Å². The molecule has 0 atom stereocenters. The number of aromatic nitrogens is 2. The van der Waals surface area contributed by atoms with Crippen LogP contribution in [-0.4, -0.2) is 79.6 Å². The van der Waals surface area contributed by atoms with Crippen LogP contribution in [0.25, 0.3) is 0 Å². The van der Waals surface area contributed by atoms with E-state index in [1.165, 1.54) is 0 Å². The van der Waals surface area contributed by atoms with Gasteiger partial charge in [0.05, 0.1) is 12.8 Å². The second-order valence-corrected chi connectivity index (χ2v) is 10.2. The highest BCUT2D eigenvalue weighted by molar-refractivity contribution is 5.97. The smallest absolute Gasteiger partial charge is 0.251 e. The molecule has 38 heavy (non-hydrogen) atoms. The lowest BCUT2D eigenvalue weighted by Crippen LogP contribution is -2.43. The lowest BCUT2D eigenvalue weighted by Gasteiger charge is -2.31. The van der Waals surface area contributed by atoms with Crippen molar-refractivity contribution in [3.05, 3.63) is 35.5 Å². The molecule has 1 aromatic carbocycles. The maximum Gasteiger partial charge on any atom is 0.251 e. The van der Waals surface area contributed by atoms with Gasteiger partial charge in [-0.15, -0.1) is 0 Å². The summed E-state index contributed by atoms with van der Waals surface area (Å²) < 4.78 is 5.44. The van der Waals surface area contributed by atoms with Crippen LogP contribution in [0.3, 0.4) is 0 Å². The molecule has 0 aliphatic carbocycles. The zero-order valence-corrected chi connectivity index (χ0v) is 23.3. The van der Waals surface area contributed by atoms with Crippen LogP contribution in [0.4, 0.5) is 23.1 Å². The van der Waals surface area contributed by atoms with E-state index in [9.17, 15) is 9.59 Å². The Morgan fingerprint density at radius 1 is 1.16 bits per heavy atom. The number of carbonyl (C=O) groups is 2. The molecule has 10 nitrogen and oxygen atoms in total. The fourth-order valence-corrected chi connectivity index (χ4v) is 5.26. The van der Waals surface area contributed by atoms with E-state index in [0.29, 0.717) is 36.8 Å². The van der Waals surface area contributed by atoms with Crippen molar-refractivity contribution < 1.29 is 14.3 Å². The molecule has 2 aliphatic heterocycles. The van der Waals surface area contributed by atoms with E-state index in [1.54, 1.807) is 25.3 Å². The van der Waals surface area contributed by atoms with Crippen LogP contribution in [0.2, 0.25) is 0 Å². The predicted octanol–water partition coefficient (Wildman–Crippen LogP) is 3.55. The molecule has 206 valence electrons. The quantitative estimate of drug-likeness (QED) is 0.515. The average molecular weight is 524 g/mol. The monoisotopic (exact) mass is 523 g/mol. The fourth-order valence-electron chi connectivity index (χ4n) is 5.26. The van der Waals surface area contributed by atoms with Crippen molar-refractivity contribution in [1.82, 2.24) is 20.2 Å². The van der Waals surface area contributed by atoms with Crippen LogP contribution in [0.5, 0.6) is 0 Å². The first kappa shape index (κ1) is 27.8. The number of nitrogens with one attached hydrogen (secondary N) is 2. The minimum atomic E-state index is -0.0711. The molecule has 0 saturated carbocycles. The van der Waals surface area contributed by atoms with E-state index in [0.717, 1.165) is 55.8 Å². The van der Waals surface area contributed by atoms with Gasteiger partial charge in [0.15, 0.2) is 5.82 Å². The summed E-state index contributed by atoms with van der Waals surface area (Å²) in [6.07, 6.45) is 5.97. The number of piperidine rings is 1. The van der Waals surface area contributed by atoms with Gasteiger partial charge in [0.2, 0.25) is 11.9 Å². The van der Waals surface area contributed by atoms with Gasteiger partial charge >= 0.3 is 0 Å². The van der Waals surface area contributed by atoms with Crippen molar-refractivity contribution in [3.8, 4) is 0 Å². The molecule has 0 spiro atoms. The van der Waals surface area contributed by atoms with Crippen molar-refractivity contribution in [2.45, 2.75) is 64.6 Å². The van der Waals surface area contributed by atoms with Crippen LogP contribution in [0, 0.1) is 0 Å². The molecule has 0 radical (unpaired) electrons. The lowest BCUT2D eigenvalue weighted by atomic mass is 10.0. The van der Waals surface area contributed by atoms with Crippen LogP contribution < -0.4 is 20.4 Å². The summed E-state index contributed by atoms with van der Waals surface area (Å²) in [5.74, 6) is 1.18. The van der Waals surface area contributed by atoms with Crippen molar-refractivity contribution in [2.24, 2.45) is 0 Å². The first-order valence-electron chi connectivity index (χ1n) is 13.6. The number of fused-ring (bicyclic) bond motifs is 1. The normalized spacial score (nSPS) is 16.9. The number of rotatable bonds is 9. The summed E-state index contributed by atoms with van der Waals surface area (Å²) in [5, 5.41) is 6.51. The van der Waals surface area contributed by atoms with Crippen molar-refractivity contribution in [1.29, 1.82) is 0 Å². The highest BCUT2D eigenvalue weighted by atomic mass is 16.5. The van der Waals surface area contributed by atoms with E-state index in [2.05, 4.69) is 46.3 Å². The lowest BCUT2D eigenvalue weighted by molar-refractivity contribution is -0.118. The number of anilines is 4. The van der Waals surface area contributed by atoms with Crippen molar-refractivity contribution in [3.63, 3.8) is 0 Å². The van der Waals surface area contributed by atoms with E-state index in [1.807, 2.05) is 18.2 Å². The average Bonchev–Trinajstić information content (AvgIpc) is 3.04. The Morgan fingerprint density at radius 3 is 2.58 bits per heavy atom. The first-order chi connectivity index (χ1) is 18.3. The number of amides is 2. The number of ether oxygens (including phenoxy) is 1. The van der Waals surface area contributed by atoms with E-state index < -0.39 is 0 Å². The number of carbonyl (C=O) groups excluding carboxylic acids is 2. The van der Waals surface area contributed by atoms with Gasteiger partial charge in [-0.05, 0) is 64.0 Å². The van der Waals surface area contributed by atoms with Crippen LogP contribution in [0.15, 0.2) is 24.4 Å². The van der Waals surface area contributed by atoms with Gasteiger partial charge in [0.25, 0.3) is 5.91 Å². The molecule has 1 fully saturated rings. The minimum absolute atomic E-state index is 0.0560. The number of nitrogens with zero attached hydrogens (tertiary/aromatic N) is 5.